The number of rotatable bonds is 3. The molecular weight excluding hydrogens is 194 g/mol. The number of aromatic nitrogens is 4. The first kappa shape index (κ1) is 9.32. The van der Waals surface area contributed by atoms with Crippen molar-refractivity contribution in [3.8, 4) is 5.88 Å². The molecule has 2 N–H and O–H groups in total. The van der Waals surface area contributed by atoms with Gasteiger partial charge in [-0.15, -0.1) is 0 Å². The molecule has 2 rings (SSSR count). The summed E-state index contributed by atoms with van der Waals surface area (Å²) in [4.78, 5) is 15.6. The number of nitrogen functional groups attached to an aromatic ring is 1. The van der Waals surface area contributed by atoms with Crippen LogP contribution in [0.1, 0.15) is 5.69 Å². The summed E-state index contributed by atoms with van der Waals surface area (Å²) in [5.74, 6) is 0.586. The van der Waals surface area contributed by atoms with Gasteiger partial charge >= 0.3 is 0 Å². The summed E-state index contributed by atoms with van der Waals surface area (Å²) in [6.45, 7) is 0.297. The molecule has 0 spiro atoms. The molecule has 0 fully saturated rings. The van der Waals surface area contributed by atoms with Crippen LogP contribution in [0.25, 0.3) is 0 Å². The van der Waals surface area contributed by atoms with Gasteiger partial charge in [-0.2, -0.15) is 0 Å². The van der Waals surface area contributed by atoms with Crippen molar-refractivity contribution in [3.63, 3.8) is 0 Å². The third-order valence-corrected chi connectivity index (χ3v) is 1.69. The van der Waals surface area contributed by atoms with Gasteiger partial charge in [0.2, 0.25) is 0 Å². The van der Waals surface area contributed by atoms with Crippen molar-refractivity contribution in [2.24, 2.45) is 0 Å². The van der Waals surface area contributed by atoms with Gasteiger partial charge in [0.1, 0.15) is 12.9 Å². The Hall–Kier alpha value is -2.24. The molecule has 2 aromatic rings. The lowest BCUT2D eigenvalue weighted by Crippen LogP contribution is -2.03. The highest BCUT2D eigenvalue weighted by Crippen LogP contribution is 2.13. The highest BCUT2D eigenvalue weighted by molar-refractivity contribution is 5.38. The van der Waals surface area contributed by atoms with Gasteiger partial charge in [0, 0.05) is 18.6 Å². The maximum atomic E-state index is 5.55. The largest absolute Gasteiger partial charge is 0.469 e. The van der Waals surface area contributed by atoms with E-state index in [1.165, 1.54) is 18.7 Å². The van der Waals surface area contributed by atoms with Crippen LogP contribution in [0.4, 0.5) is 5.82 Å². The molecule has 2 aromatic heterocycles. The third-order valence-electron chi connectivity index (χ3n) is 1.69. The summed E-state index contributed by atoms with van der Waals surface area (Å²) in [5.41, 5.74) is 6.31. The Morgan fingerprint density at radius 2 is 2.00 bits per heavy atom. The van der Waals surface area contributed by atoms with Gasteiger partial charge < -0.3 is 10.5 Å². The lowest BCUT2D eigenvalue weighted by atomic mass is 10.4. The second kappa shape index (κ2) is 4.32. The zero-order valence-corrected chi connectivity index (χ0v) is 7.87. The van der Waals surface area contributed by atoms with E-state index in [0.717, 1.165) is 5.69 Å². The Labute approximate surface area is 86.2 Å². The summed E-state index contributed by atoms with van der Waals surface area (Å²) >= 11 is 0. The minimum atomic E-state index is 0.270. The first-order chi connectivity index (χ1) is 7.36. The zero-order valence-electron chi connectivity index (χ0n) is 7.87. The van der Waals surface area contributed by atoms with E-state index < -0.39 is 0 Å². The molecule has 0 aliphatic rings. The van der Waals surface area contributed by atoms with Crippen molar-refractivity contribution in [2.75, 3.05) is 5.73 Å². The summed E-state index contributed by atoms with van der Waals surface area (Å²) < 4.78 is 5.33. The molecule has 6 heteroatoms. The highest BCUT2D eigenvalue weighted by Gasteiger charge is 2.02. The van der Waals surface area contributed by atoms with Crippen molar-refractivity contribution in [3.05, 3.63) is 36.7 Å². The molecule has 0 unspecified atom stereocenters. The summed E-state index contributed by atoms with van der Waals surface area (Å²) in [6.07, 6.45) is 6.13. The maximum Gasteiger partial charge on any atom is 0.257 e. The van der Waals surface area contributed by atoms with Crippen LogP contribution in [0.3, 0.4) is 0 Å². The molecule has 76 valence electrons. The predicted octanol–water partition coefficient (Wildman–Crippen LogP) is 0.428. The van der Waals surface area contributed by atoms with Crippen molar-refractivity contribution in [1.29, 1.82) is 0 Å². The van der Waals surface area contributed by atoms with Gasteiger partial charge in [0.15, 0.2) is 5.82 Å². The fourth-order valence-corrected chi connectivity index (χ4v) is 0.993. The van der Waals surface area contributed by atoms with Gasteiger partial charge in [-0.05, 0) is 6.07 Å². The number of nitrogens with zero attached hydrogens (tertiary/aromatic N) is 4. The Kier molecular flexibility index (Phi) is 2.68. The molecule has 15 heavy (non-hydrogen) atoms. The van der Waals surface area contributed by atoms with Crippen LogP contribution in [0.2, 0.25) is 0 Å². The van der Waals surface area contributed by atoms with Gasteiger partial charge in [-0.1, -0.05) is 0 Å². The van der Waals surface area contributed by atoms with Crippen LogP contribution >= 0.6 is 0 Å². The molecule has 0 radical (unpaired) electrons. The fraction of sp³-hybridized carbons (Fsp3) is 0.111. The zero-order chi connectivity index (χ0) is 10.5. The normalized spacial score (nSPS) is 9.87. The predicted molar refractivity (Wildman–Crippen MR) is 52.8 cm³/mol. The lowest BCUT2D eigenvalue weighted by Gasteiger charge is -2.05. The third kappa shape index (κ3) is 2.37. The lowest BCUT2D eigenvalue weighted by molar-refractivity contribution is 0.290. The van der Waals surface area contributed by atoms with Gasteiger partial charge in [-0.3, -0.25) is 0 Å². The molecule has 0 amide bonds. The monoisotopic (exact) mass is 203 g/mol. The van der Waals surface area contributed by atoms with Gasteiger partial charge in [0.25, 0.3) is 5.88 Å². The number of anilines is 1. The number of ether oxygens (including phenoxy) is 1. The Bertz CT molecular complexity index is 434. The summed E-state index contributed by atoms with van der Waals surface area (Å²) in [6, 6.07) is 1.76. The number of hydrogen-bond acceptors (Lipinski definition) is 6. The maximum absolute atomic E-state index is 5.55. The van der Waals surface area contributed by atoms with Crippen molar-refractivity contribution < 1.29 is 4.74 Å². The first-order valence-corrected chi connectivity index (χ1v) is 4.30. The van der Waals surface area contributed by atoms with E-state index in [1.807, 2.05) is 0 Å². The molecule has 0 aliphatic carbocycles. The van der Waals surface area contributed by atoms with Crippen LogP contribution < -0.4 is 10.5 Å². The molecule has 0 saturated heterocycles. The Morgan fingerprint density at radius 3 is 2.73 bits per heavy atom. The van der Waals surface area contributed by atoms with Crippen LogP contribution in [0.5, 0.6) is 5.88 Å². The molecule has 0 bridgehead atoms. The van der Waals surface area contributed by atoms with E-state index in [2.05, 4.69) is 19.9 Å². The summed E-state index contributed by atoms with van der Waals surface area (Å²) in [7, 11) is 0. The van der Waals surface area contributed by atoms with E-state index in [1.54, 1.807) is 12.3 Å². The first-order valence-electron chi connectivity index (χ1n) is 4.30. The molecule has 0 aliphatic heterocycles. The van der Waals surface area contributed by atoms with Crippen molar-refractivity contribution in [1.82, 2.24) is 19.9 Å². The highest BCUT2D eigenvalue weighted by atomic mass is 16.5. The average molecular weight is 203 g/mol. The fourth-order valence-electron chi connectivity index (χ4n) is 0.993. The van der Waals surface area contributed by atoms with Crippen LogP contribution in [-0.4, -0.2) is 19.9 Å². The number of hydrogen-bond donors (Lipinski definition) is 1. The minimum absolute atomic E-state index is 0.270. The molecular formula is C9H9N5O. The van der Waals surface area contributed by atoms with Crippen molar-refractivity contribution >= 4 is 5.82 Å². The van der Waals surface area contributed by atoms with Crippen LogP contribution in [-0.2, 0) is 6.61 Å². The second-order valence-electron chi connectivity index (χ2n) is 2.74. The number of nitrogens with two attached hydrogens (primary N) is 1. The van der Waals surface area contributed by atoms with E-state index >= 15 is 0 Å². The van der Waals surface area contributed by atoms with E-state index in [9.17, 15) is 0 Å². The van der Waals surface area contributed by atoms with Crippen LogP contribution in [0.15, 0.2) is 31.0 Å². The van der Waals surface area contributed by atoms with E-state index in [4.69, 9.17) is 10.5 Å². The smallest absolute Gasteiger partial charge is 0.257 e. The van der Waals surface area contributed by atoms with Gasteiger partial charge in [0.05, 0.1) is 5.69 Å². The van der Waals surface area contributed by atoms with E-state index in [0.29, 0.717) is 12.5 Å². The molecule has 0 saturated carbocycles. The topological polar surface area (TPSA) is 86.8 Å². The molecule has 0 atom stereocenters. The summed E-state index contributed by atoms with van der Waals surface area (Å²) in [5, 5.41) is 0. The quantitative estimate of drug-likeness (QED) is 0.778. The SMILES string of the molecule is Nc1nccnc1OCc1ccncn1. The van der Waals surface area contributed by atoms with Crippen molar-refractivity contribution in [2.45, 2.75) is 6.61 Å². The second-order valence-corrected chi connectivity index (χ2v) is 2.74. The average Bonchev–Trinajstić information content (AvgIpc) is 2.29. The Balaban J connectivity index is 2.03. The standard InChI is InChI=1S/C9H9N5O/c10-8-9(13-4-3-12-8)15-5-7-1-2-11-6-14-7/h1-4,6H,5H2,(H2,10,12). The molecule has 2 heterocycles. The Morgan fingerprint density at radius 1 is 1.13 bits per heavy atom. The van der Waals surface area contributed by atoms with Crippen LogP contribution in [0, 0.1) is 0 Å². The van der Waals surface area contributed by atoms with Gasteiger partial charge in [-0.25, -0.2) is 19.9 Å². The van der Waals surface area contributed by atoms with E-state index in [-0.39, 0.29) is 5.82 Å². The molecule has 0 aromatic carbocycles. The molecule has 6 nitrogen and oxygen atoms in total. The minimum Gasteiger partial charge on any atom is -0.469 e.